The van der Waals surface area contributed by atoms with E-state index in [0.717, 1.165) is 62.8 Å². The Morgan fingerprint density at radius 2 is 1.89 bits per heavy atom. The van der Waals surface area contributed by atoms with Gasteiger partial charge in [-0.2, -0.15) is 5.10 Å². The van der Waals surface area contributed by atoms with Crippen molar-refractivity contribution in [2.24, 2.45) is 11.7 Å². The zero-order valence-corrected chi connectivity index (χ0v) is 16.2. The molecular formula is C21H28N4O3. The maximum atomic E-state index is 13.1. The van der Waals surface area contributed by atoms with Gasteiger partial charge < -0.3 is 15.8 Å². The van der Waals surface area contributed by atoms with Crippen LogP contribution in [-0.2, 0) is 16.1 Å². The van der Waals surface area contributed by atoms with Crippen molar-refractivity contribution in [2.75, 3.05) is 13.2 Å². The number of amides is 2. The van der Waals surface area contributed by atoms with Gasteiger partial charge in [-0.25, -0.2) is 0 Å². The van der Waals surface area contributed by atoms with Crippen LogP contribution in [0.5, 0.6) is 0 Å². The van der Waals surface area contributed by atoms with Crippen molar-refractivity contribution in [2.45, 2.75) is 57.0 Å². The number of fused-ring (bicyclic) bond motifs is 1. The molecule has 28 heavy (non-hydrogen) atoms. The van der Waals surface area contributed by atoms with Crippen molar-refractivity contribution in [3.63, 3.8) is 0 Å². The molecule has 1 aromatic heterocycles. The Labute approximate surface area is 164 Å². The fraction of sp³-hybridized carbons (Fsp3) is 0.571. The number of nitrogens with two attached hydrogens (primary N) is 1. The number of nitrogens with one attached hydrogen (secondary N) is 1. The lowest BCUT2D eigenvalue weighted by Crippen LogP contribution is -2.58. The Kier molecular flexibility index (Phi) is 5.35. The van der Waals surface area contributed by atoms with Gasteiger partial charge in [-0.3, -0.25) is 14.3 Å². The highest BCUT2D eigenvalue weighted by atomic mass is 16.5. The minimum absolute atomic E-state index is 0.317. The first-order chi connectivity index (χ1) is 13.6. The van der Waals surface area contributed by atoms with E-state index in [2.05, 4.69) is 10.4 Å². The zero-order chi connectivity index (χ0) is 19.6. The standard InChI is InChI=1S/C21H28N4O3/c22-20(27)21(10-4-1-5-11-21)23-19(26)18-16-6-2-3-7-17(16)25(24-18)14-15-8-12-28-13-9-15/h2-3,6-7,15H,1,4-5,8-14H2,(H2,22,27)(H,23,26). The molecule has 1 aliphatic heterocycles. The number of rotatable bonds is 5. The summed E-state index contributed by atoms with van der Waals surface area (Å²) in [6, 6.07) is 7.76. The Hall–Kier alpha value is -2.41. The molecule has 7 heteroatoms. The largest absolute Gasteiger partial charge is 0.381 e. The van der Waals surface area contributed by atoms with Crippen molar-refractivity contribution in [1.29, 1.82) is 0 Å². The first-order valence-corrected chi connectivity index (χ1v) is 10.2. The van der Waals surface area contributed by atoms with Crippen LogP contribution in [0.3, 0.4) is 0 Å². The lowest BCUT2D eigenvalue weighted by molar-refractivity contribution is -0.125. The normalized spacial score (nSPS) is 20.1. The summed E-state index contributed by atoms with van der Waals surface area (Å²) in [5.41, 5.74) is 6.03. The van der Waals surface area contributed by atoms with Crippen molar-refractivity contribution in [3.05, 3.63) is 30.0 Å². The summed E-state index contributed by atoms with van der Waals surface area (Å²) in [4.78, 5) is 25.3. The van der Waals surface area contributed by atoms with Gasteiger partial charge in [0, 0.05) is 25.1 Å². The molecule has 0 spiro atoms. The average molecular weight is 384 g/mol. The molecule has 2 amide bonds. The van der Waals surface area contributed by atoms with Gasteiger partial charge in [0.05, 0.1) is 5.52 Å². The third kappa shape index (κ3) is 3.63. The van der Waals surface area contributed by atoms with Crippen LogP contribution in [0.2, 0.25) is 0 Å². The van der Waals surface area contributed by atoms with Crippen LogP contribution >= 0.6 is 0 Å². The van der Waals surface area contributed by atoms with E-state index in [9.17, 15) is 9.59 Å². The summed E-state index contributed by atoms with van der Waals surface area (Å²) < 4.78 is 7.38. The highest BCUT2D eigenvalue weighted by Crippen LogP contribution is 2.29. The van der Waals surface area contributed by atoms with Crippen molar-refractivity contribution < 1.29 is 14.3 Å². The summed E-state index contributed by atoms with van der Waals surface area (Å²) in [5, 5.41) is 8.41. The first-order valence-electron chi connectivity index (χ1n) is 10.2. The van der Waals surface area contributed by atoms with Crippen LogP contribution < -0.4 is 11.1 Å². The van der Waals surface area contributed by atoms with Crippen LogP contribution in [0.4, 0.5) is 0 Å². The minimum atomic E-state index is -0.957. The second kappa shape index (κ2) is 7.91. The number of nitrogens with zero attached hydrogens (tertiary/aromatic N) is 2. The van der Waals surface area contributed by atoms with E-state index in [4.69, 9.17) is 10.5 Å². The predicted molar refractivity (Wildman–Crippen MR) is 106 cm³/mol. The molecule has 2 heterocycles. The summed E-state index contributed by atoms with van der Waals surface area (Å²) >= 11 is 0. The fourth-order valence-electron chi connectivity index (χ4n) is 4.47. The first kappa shape index (κ1) is 18.9. The number of ether oxygens (including phenoxy) is 1. The summed E-state index contributed by atoms with van der Waals surface area (Å²) in [6.45, 7) is 2.31. The third-order valence-corrected chi connectivity index (χ3v) is 6.18. The van der Waals surface area contributed by atoms with E-state index in [-0.39, 0.29) is 5.91 Å². The Morgan fingerprint density at radius 1 is 1.18 bits per heavy atom. The highest BCUT2D eigenvalue weighted by molar-refractivity contribution is 6.06. The van der Waals surface area contributed by atoms with Gasteiger partial charge >= 0.3 is 0 Å². The number of para-hydroxylation sites is 1. The quantitative estimate of drug-likeness (QED) is 0.827. The van der Waals surface area contributed by atoms with Gasteiger partial charge in [0.25, 0.3) is 5.91 Å². The van der Waals surface area contributed by atoms with Crippen molar-refractivity contribution in [1.82, 2.24) is 15.1 Å². The number of carbonyl (C=O) groups excluding carboxylic acids is 2. The molecule has 1 saturated heterocycles. The Morgan fingerprint density at radius 3 is 2.61 bits per heavy atom. The molecule has 150 valence electrons. The molecule has 0 unspecified atom stereocenters. The van der Waals surface area contributed by atoms with Gasteiger partial charge in [-0.1, -0.05) is 37.5 Å². The minimum Gasteiger partial charge on any atom is -0.381 e. The topological polar surface area (TPSA) is 99.2 Å². The number of carbonyl (C=O) groups is 2. The molecule has 4 rings (SSSR count). The number of hydrogen-bond acceptors (Lipinski definition) is 4. The Balaban J connectivity index is 1.62. The maximum Gasteiger partial charge on any atom is 0.273 e. The predicted octanol–water partition coefficient (Wildman–Crippen LogP) is 2.38. The average Bonchev–Trinajstić information content (AvgIpc) is 3.08. The van der Waals surface area contributed by atoms with Crippen molar-refractivity contribution in [3.8, 4) is 0 Å². The maximum absolute atomic E-state index is 13.1. The zero-order valence-electron chi connectivity index (χ0n) is 16.2. The third-order valence-electron chi connectivity index (χ3n) is 6.18. The molecule has 0 atom stereocenters. The summed E-state index contributed by atoms with van der Waals surface area (Å²) in [5.74, 6) is -0.280. The molecule has 3 N–H and O–H groups in total. The van der Waals surface area contributed by atoms with E-state index in [1.165, 1.54) is 0 Å². The molecular weight excluding hydrogens is 356 g/mol. The molecule has 1 aliphatic carbocycles. The van der Waals surface area contributed by atoms with Crippen LogP contribution in [-0.4, -0.2) is 40.3 Å². The molecule has 0 bridgehead atoms. The second-order valence-electron chi connectivity index (χ2n) is 8.06. The molecule has 2 fully saturated rings. The summed E-state index contributed by atoms with van der Waals surface area (Å²) in [6.07, 6.45) is 6.03. The number of aromatic nitrogens is 2. The molecule has 2 aromatic rings. The van der Waals surface area contributed by atoms with Crippen LogP contribution in [0, 0.1) is 5.92 Å². The fourth-order valence-corrected chi connectivity index (χ4v) is 4.47. The second-order valence-corrected chi connectivity index (χ2v) is 8.06. The summed E-state index contributed by atoms with van der Waals surface area (Å²) in [7, 11) is 0. The molecule has 1 saturated carbocycles. The molecule has 2 aliphatic rings. The molecule has 0 radical (unpaired) electrons. The van der Waals surface area contributed by atoms with Gasteiger partial charge in [-0.05, 0) is 37.7 Å². The number of benzene rings is 1. The van der Waals surface area contributed by atoms with E-state index < -0.39 is 11.4 Å². The van der Waals surface area contributed by atoms with Crippen molar-refractivity contribution >= 4 is 22.7 Å². The van der Waals surface area contributed by atoms with Gasteiger partial charge in [0.2, 0.25) is 5.91 Å². The highest BCUT2D eigenvalue weighted by Gasteiger charge is 2.40. The molecule has 1 aromatic carbocycles. The lowest BCUT2D eigenvalue weighted by Gasteiger charge is -2.34. The smallest absolute Gasteiger partial charge is 0.273 e. The monoisotopic (exact) mass is 384 g/mol. The van der Waals surface area contributed by atoms with E-state index in [1.807, 2.05) is 28.9 Å². The SMILES string of the molecule is NC(=O)C1(NC(=O)c2nn(CC3CCOCC3)c3ccccc23)CCCCC1. The Bertz CT molecular complexity index is 864. The number of primary amides is 1. The molecule has 7 nitrogen and oxygen atoms in total. The van der Waals surface area contributed by atoms with E-state index in [0.29, 0.717) is 24.5 Å². The van der Waals surface area contributed by atoms with Crippen LogP contribution in [0.25, 0.3) is 10.9 Å². The van der Waals surface area contributed by atoms with Gasteiger partial charge in [0.15, 0.2) is 5.69 Å². The van der Waals surface area contributed by atoms with Gasteiger partial charge in [0.1, 0.15) is 5.54 Å². The number of hydrogen-bond donors (Lipinski definition) is 2. The van der Waals surface area contributed by atoms with Crippen LogP contribution in [0.1, 0.15) is 55.4 Å². The van der Waals surface area contributed by atoms with Crippen LogP contribution in [0.15, 0.2) is 24.3 Å². The van der Waals surface area contributed by atoms with E-state index >= 15 is 0 Å². The van der Waals surface area contributed by atoms with Gasteiger partial charge in [-0.15, -0.1) is 0 Å². The van der Waals surface area contributed by atoms with E-state index in [1.54, 1.807) is 0 Å². The lowest BCUT2D eigenvalue weighted by atomic mass is 9.81.